The van der Waals surface area contributed by atoms with Crippen molar-refractivity contribution in [3.8, 4) is 5.75 Å². The van der Waals surface area contributed by atoms with Crippen molar-refractivity contribution in [2.75, 3.05) is 10.8 Å². The monoisotopic (exact) mass is 513 g/mol. The van der Waals surface area contributed by atoms with Gasteiger partial charge in [0.2, 0.25) is 0 Å². The number of azo groups is 1. The van der Waals surface area contributed by atoms with Crippen LogP contribution in [0.5, 0.6) is 5.75 Å². The quantitative estimate of drug-likeness (QED) is 0.398. The Labute approximate surface area is 196 Å². The van der Waals surface area contributed by atoms with Crippen LogP contribution < -0.4 is 4.31 Å². The molecule has 3 aromatic rings. The van der Waals surface area contributed by atoms with Crippen molar-refractivity contribution >= 4 is 43.0 Å². The summed E-state index contributed by atoms with van der Waals surface area (Å²) in [6.45, 7) is 6.65. The Balaban J connectivity index is 1.59. The van der Waals surface area contributed by atoms with Gasteiger partial charge in [0.25, 0.3) is 10.0 Å². The van der Waals surface area contributed by atoms with Crippen LogP contribution in [0, 0.1) is 0 Å². The van der Waals surface area contributed by atoms with Crippen molar-refractivity contribution < 1.29 is 13.5 Å². The van der Waals surface area contributed by atoms with Crippen LogP contribution in [-0.4, -0.2) is 20.1 Å². The largest absolute Gasteiger partial charge is 0.505 e. The van der Waals surface area contributed by atoms with E-state index in [-0.39, 0.29) is 16.1 Å². The van der Waals surface area contributed by atoms with Gasteiger partial charge in [-0.25, -0.2) is 8.42 Å². The molecule has 0 fully saturated rings. The average molecular weight is 514 g/mol. The highest BCUT2D eigenvalue weighted by molar-refractivity contribution is 9.10. The predicted molar refractivity (Wildman–Crippen MR) is 130 cm³/mol. The first kappa shape index (κ1) is 22.5. The summed E-state index contributed by atoms with van der Waals surface area (Å²) in [5.74, 6) is 0.00801. The number of fused-ring (bicyclic) bond motifs is 1. The number of rotatable bonds is 4. The first-order valence-corrected chi connectivity index (χ1v) is 12.5. The lowest BCUT2D eigenvalue weighted by Gasteiger charge is -2.20. The number of halogens is 1. The number of nitrogens with zero attached hydrogens (tertiary/aromatic N) is 3. The molecule has 0 saturated carbocycles. The third-order valence-electron chi connectivity index (χ3n) is 5.45. The highest BCUT2D eigenvalue weighted by Gasteiger charge is 2.30. The molecular weight excluding hydrogens is 490 g/mol. The molecule has 0 amide bonds. The summed E-state index contributed by atoms with van der Waals surface area (Å²) in [7, 11) is -3.66. The maximum Gasteiger partial charge on any atom is 0.264 e. The molecular formula is C24H24BrN3O3S. The number of phenols is 1. The van der Waals surface area contributed by atoms with Crippen molar-refractivity contribution in [3.05, 3.63) is 76.3 Å². The van der Waals surface area contributed by atoms with Crippen molar-refractivity contribution in [2.45, 2.75) is 37.5 Å². The standard InChI is InChI=1S/C24H24BrN3O3S/c1-24(2,3)17-14-20(25)23(29)21(15-17)27-26-18-8-10-19(11-9-18)32(30,31)28-13-12-16-6-4-5-7-22(16)28/h4-11,14-15,29H,12-13H2,1-3H3. The summed E-state index contributed by atoms with van der Waals surface area (Å²) in [5.41, 5.74) is 3.48. The molecule has 1 aliphatic rings. The number of para-hydroxylation sites is 1. The third kappa shape index (κ3) is 4.29. The van der Waals surface area contributed by atoms with Crippen LogP contribution >= 0.6 is 15.9 Å². The van der Waals surface area contributed by atoms with Crippen LogP contribution in [-0.2, 0) is 21.9 Å². The number of aromatic hydroxyl groups is 1. The van der Waals surface area contributed by atoms with Gasteiger partial charge < -0.3 is 5.11 Å². The highest BCUT2D eigenvalue weighted by atomic mass is 79.9. The van der Waals surface area contributed by atoms with Crippen molar-refractivity contribution in [1.29, 1.82) is 0 Å². The van der Waals surface area contributed by atoms with Crippen molar-refractivity contribution in [1.82, 2.24) is 0 Å². The number of hydrogen-bond donors (Lipinski definition) is 1. The van der Waals surface area contributed by atoms with E-state index in [1.54, 1.807) is 18.2 Å². The molecule has 0 bridgehead atoms. The Bertz CT molecular complexity index is 1300. The molecule has 166 valence electrons. The maximum absolute atomic E-state index is 13.1. The summed E-state index contributed by atoms with van der Waals surface area (Å²) in [4.78, 5) is 0.202. The second kappa shape index (κ2) is 8.33. The zero-order valence-corrected chi connectivity index (χ0v) is 20.5. The lowest BCUT2D eigenvalue weighted by molar-refractivity contribution is 0.471. The molecule has 0 spiro atoms. The van der Waals surface area contributed by atoms with Crippen molar-refractivity contribution in [3.63, 3.8) is 0 Å². The Hall–Kier alpha value is -2.71. The van der Waals surface area contributed by atoms with Crippen molar-refractivity contribution in [2.24, 2.45) is 10.2 Å². The zero-order chi connectivity index (χ0) is 23.1. The molecule has 0 radical (unpaired) electrons. The Morgan fingerprint density at radius 3 is 2.38 bits per heavy atom. The Kier molecular flexibility index (Phi) is 5.85. The van der Waals surface area contributed by atoms with Crippen LogP contribution in [0.1, 0.15) is 31.9 Å². The normalized spacial score (nSPS) is 14.2. The molecule has 6 nitrogen and oxygen atoms in total. The third-order valence-corrected chi connectivity index (χ3v) is 7.88. The topological polar surface area (TPSA) is 82.3 Å². The van der Waals surface area contributed by atoms with Gasteiger partial charge in [0.05, 0.1) is 20.7 Å². The zero-order valence-electron chi connectivity index (χ0n) is 18.1. The van der Waals surface area contributed by atoms with Gasteiger partial charge in [-0.3, -0.25) is 4.31 Å². The Morgan fingerprint density at radius 2 is 1.69 bits per heavy atom. The molecule has 0 aromatic heterocycles. The van der Waals surface area contributed by atoms with E-state index in [0.717, 1.165) is 16.8 Å². The van der Waals surface area contributed by atoms with E-state index in [0.29, 0.717) is 28.8 Å². The molecule has 1 aliphatic heterocycles. The van der Waals surface area contributed by atoms with Gasteiger partial charge in [0, 0.05) is 6.54 Å². The van der Waals surface area contributed by atoms with E-state index in [1.807, 2.05) is 30.3 Å². The summed E-state index contributed by atoms with van der Waals surface area (Å²) >= 11 is 3.37. The van der Waals surface area contributed by atoms with Gasteiger partial charge in [0.1, 0.15) is 5.69 Å². The second-order valence-electron chi connectivity index (χ2n) is 8.73. The minimum Gasteiger partial charge on any atom is -0.505 e. The lowest BCUT2D eigenvalue weighted by atomic mass is 9.87. The summed E-state index contributed by atoms with van der Waals surface area (Å²) in [6.07, 6.45) is 0.703. The number of anilines is 1. The minimum atomic E-state index is -3.66. The van der Waals surface area contributed by atoms with E-state index in [4.69, 9.17) is 0 Å². The van der Waals surface area contributed by atoms with E-state index in [9.17, 15) is 13.5 Å². The molecule has 4 rings (SSSR count). The first-order chi connectivity index (χ1) is 15.1. The fourth-order valence-corrected chi connectivity index (χ4v) is 5.53. The van der Waals surface area contributed by atoms with Gasteiger partial charge in [0.15, 0.2) is 5.75 Å². The maximum atomic E-state index is 13.1. The molecule has 0 saturated heterocycles. The lowest BCUT2D eigenvalue weighted by Crippen LogP contribution is -2.29. The van der Waals surface area contributed by atoms with E-state index in [1.165, 1.54) is 16.4 Å². The van der Waals surface area contributed by atoms with E-state index >= 15 is 0 Å². The van der Waals surface area contributed by atoms with Crippen LogP contribution in [0.15, 0.2) is 80.3 Å². The Morgan fingerprint density at radius 1 is 1.00 bits per heavy atom. The average Bonchev–Trinajstić information content (AvgIpc) is 3.19. The van der Waals surface area contributed by atoms with Crippen LogP contribution in [0.2, 0.25) is 0 Å². The molecule has 3 aromatic carbocycles. The predicted octanol–water partition coefficient (Wildman–Crippen LogP) is 6.62. The molecule has 32 heavy (non-hydrogen) atoms. The van der Waals surface area contributed by atoms with E-state index < -0.39 is 10.0 Å². The van der Waals surface area contributed by atoms with Gasteiger partial charge in [-0.05, 0) is 81.4 Å². The summed E-state index contributed by atoms with van der Waals surface area (Å²) in [6, 6.07) is 17.5. The smallest absolute Gasteiger partial charge is 0.264 e. The van der Waals surface area contributed by atoms with Gasteiger partial charge in [-0.2, -0.15) is 5.11 Å². The SMILES string of the molecule is CC(C)(C)c1cc(Br)c(O)c(N=Nc2ccc(S(=O)(=O)N3CCc4ccccc43)cc2)c1. The molecule has 8 heteroatoms. The second-order valence-corrected chi connectivity index (χ2v) is 11.4. The van der Waals surface area contributed by atoms with Gasteiger partial charge in [-0.1, -0.05) is 39.0 Å². The number of phenolic OH excluding ortho intramolecular Hbond substituents is 1. The number of hydrogen-bond acceptors (Lipinski definition) is 5. The van der Waals surface area contributed by atoms with Gasteiger partial charge in [-0.15, -0.1) is 5.11 Å². The number of benzene rings is 3. The van der Waals surface area contributed by atoms with Crippen LogP contribution in [0.3, 0.4) is 0 Å². The summed E-state index contributed by atoms with van der Waals surface area (Å²) in [5, 5.41) is 18.7. The van der Waals surface area contributed by atoms with Crippen LogP contribution in [0.4, 0.5) is 17.1 Å². The first-order valence-electron chi connectivity index (χ1n) is 10.2. The fourth-order valence-electron chi connectivity index (χ4n) is 3.58. The fraction of sp³-hybridized carbons (Fsp3) is 0.250. The molecule has 0 unspecified atom stereocenters. The van der Waals surface area contributed by atoms with Crippen LogP contribution in [0.25, 0.3) is 0 Å². The molecule has 1 heterocycles. The number of sulfonamides is 1. The molecule has 0 atom stereocenters. The minimum absolute atomic E-state index is 0.00801. The summed E-state index contributed by atoms with van der Waals surface area (Å²) < 4.78 is 28.3. The molecule has 0 aliphatic carbocycles. The van der Waals surface area contributed by atoms with E-state index in [2.05, 4.69) is 46.9 Å². The molecule has 1 N–H and O–H groups in total. The van der Waals surface area contributed by atoms with Gasteiger partial charge >= 0.3 is 0 Å². The highest BCUT2D eigenvalue weighted by Crippen LogP contribution is 2.40.